The van der Waals surface area contributed by atoms with Crippen molar-refractivity contribution in [1.82, 2.24) is 29.3 Å². The molecule has 4 aromatic rings. The number of piperazine rings is 1. The lowest BCUT2D eigenvalue weighted by molar-refractivity contribution is 0.0524. The number of pyridine rings is 1. The van der Waals surface area contributed by atoms with Gasteiger partial charge in [0.05, 0.1) is 11.1 Å². The number of amides is 1. The van der Waals surface area contributed by atoms with Gasteiger partial charge in [-0.15, -0.1) is 0 Å². The van der Waals surface area contributed by atoms with Gasteiger partial charge in [-0.05, 0) is 64.4 Å². The number of hydrogen-bond acceptors (Lipinski definition) is 4. The van der Waals surface area contributed by atoms with E-state index in [4.69, 9.17) is 0 Å². The lowest BCUT2D eigenvalue weighted by atomic mass is 10.0. The third kappa shape index (κ3) is 3.15. The fourth-order valence-electron chi connectivity index (χ4n) is 5.90. The van der Waals surface area contributed by atoms with Gasteiger partial charge in [0.25, 0.3) is 5.91 Å². The Morgan fingerprint density at radius 2 is 1.91 bits per heavy atom. The zero-order valence-corrected chi connectivity index (χ0v) is 20.0. The summed E-state index contributed by atoms with van der Waals surface area (Å²) in [6, 6.07) is 6.43. The minimum atomic E-state index is -0.350. The Morgan fingerprint density at radius 3 is 2.62 bits per heavy atom. The number of rotatable bonds is 3. The lowest BCUT2D eigenvalue weighted by Crippen LogP contribution is -2.53. The number of carbonyl (C=O) groups excluding carboxylic acids is 1. The predicted octanol–water partition coefficient (Wildman–Crippen LogP) is 4.53. The number of carbonyl (C=O) groups is 1. The molecule has 2 aliphatic heterocycles. The molecule has 2 aliphatic rings. The first-order valence-corrected chi connectivity index (χ1v) is 12.0. The van der Waals surface area contributed by atoms with Crippen molar-refractivity contribution in [2.75, 3.05) is 20.1 Å². The smallest absolute Gasteiger partial charge is 0.255 e. The first-order valence-electron chi connectivity index (χ1n) is 12.0. The molecular formula is C26H29FN6O. The van der Waals surface area contributed by atoms with E-state index in [-0.39, 0.29) is 17.8 Å². The van der Waals surface area contributed by atoms with Crippen molar-refractivity contribution in [1.29, 1.82) is 0 Å². The molecule has 1 amide bonds. The van der Waals surface area contributed by atoms with E-state index >= 15 is 4.39 Å². The first-order chi connectivity index (χ1) is 16.3. The number of fused-ring (bicyclic) bond motifs is 4. The number of imidazole rings is 1. The number of hydrogen-bond donors (Lipinski definition) is 1. The van der Waals surface area contributed by atoms with Crippen molar-refractivity contribution >= 4 is 28.0 Å². The zero-order chi connectivity index (χ0) is 23.7. The van der Waals surface area contributed by atoms with E-state index in [1.54, 1.807) is 6.20 Å². The van der Waals surface area contributed by atoms with Crippen LogP contribution < -0.4 is 0 Å². The summed E-state index contributed by atoms with van der Waals surface area (Å²) in [5, 5.41) is 0.814. The minimum Gasteiger partial charge on any atom is -0.346 e. The molecule has 0 spiro atoms. The quantitative estimate of drug-likeness (QED) is 0.488. The standard InChI is InChI=1S/C26H29FN6O/c1-14(2)33-15(3)30-24-22(27)8-16(9-23(24)33)21-11-29-25-20(21)7-17(10-28-25)26(34)32-12-18-5-6-19(13-32)31(18)4/h7-11,14,18-19H,5-6,12-13H2,1-4H3,(H,28,29). The van der Waals surface area contributed by atoms with Gasteiger partial charge < -0.3 is 14.5 Å². The molecule has 0 radical (unpaired) electrons. The maximum absolute atomic E-state index is 15.1. The van der Waals surface area contributed by atoms with Crippen molar-refractivity contribution in [3.63, 3.8) is 0 Å². The van der Waals surface area contributed by atoms with Crippen LogP contribution in [-0.4, -0.2) is 67.4 Å². The summed E-state index contributed by atoms with van der Waals surface area (Å²) in [5.74, 6) is 0.454. The lowest BCUT2D eigenvalue weighted by Gasteiger charge is -2.38. The van der Waals surface area contributed by atoms with E-state index in [2.05, 4.69) is 40.7 Å². The molecule has 3 aromatic heterocycles. The van der Waals surface area contributed by atoms with Crippen LogP contribution in [0.1, 0.15) is 48.9 Å². The van der Waals surface area contributed by atoms with Crippen molar-refractivity contribution in [2.45, 2.75) is 51.7 Å². The number of likely N-dealkylation sites (tertiary alicyclic amines) is 1. The monoisotopic (exact) mass is 460 g/mol. The molecule has 1 N–H and O–H groups in total. The number of benzene rings is 1. The van der Waals surface area contributed by atoms with E-state index in [1.807, 2.05) is 34.7 Å². The molecule has 2 saturated heterocycles. The van der Waals surface area contributed by atoms with Crippen molar-refractivity contribution in [3.8, 4) is 11.1 Å². The fraction of sp³-hybridized carbons (Fsp3) is 0.423. The third-order valence-corrected chi connectivity index (χ3v) is 7.67. The summed E-state index contributed by atoms with van der Waals surface area (Å²) < 4.78 is 17.1. The Kier molecular flexibility index (Phi) is 4.78. The van der Waals surface area contributed by atoms with Crippen LogP contribution in [0.2, 0.25) is 0 Å². The summed E-state index contributed by atoms with van der Waals surface area (Å²) in [7, 11) is 2.16. The zero-order valence-electron chi connectivity index (χ0n) is 20.0. The fourth-order valence-corrected chi connectivity index (χ4v) is 5.90. The second-order valence-electron chi connectivity index (χ2n) is 10.0. The molecule has 7 nitrogen and oxygen atoms in total. The molecule has 2 fully saturated rings. The molecule has 6 rings (SSSR count). The van der Waals surface area contributed by atoms with Crippen LogP contribution in [0, 0.1) is 12.7 Å². The van der Waals surface area contributed by atoms with Gasteiger partial charge in [0.15, 0.2) is 5.82 Å². The van der Waals surface area contributed by atoms with Gasteiger partial charge in [-0.25, -0.2) is 14.4 Å². The molecule has 8 heteroatoms. The number of aromatic amines is 1. The summed E-state index contributed by atoms with van der Waals surface area (Å²) >= 11 is 0. The average Bonchev–Trinajstić information content (AvgIpc) is 3.42. The number of halogens is 1. The van der Waals surface area contributed by atoms with E-state index in [1.165, 1.54) is 6.07 Å². The van der Waals surface area contributed by atoms with Crippen LogP contribution in [0.15, 0.2) is 30.6 Å². The molecule has 5 heterocycles. The molecule has 2 unspecified atom stereocenters. The molecule has 2 bridgehead atoms. The topological polar surface area (TPSA) is 70.1 Å². The second kappa shape index (κ2) is 7.63. The average molecular weight is 461 g/mol. The van der Waals surface area contributed by atoms with E-state index < -0.39 is 0 Å². The Balaban J connectivity index is 1.41. The van der Waals surface area contributed by atoms with Crippen molar-refractivity contribution in [3.05, 3.63) is 47.8 Å². The Morgan fingerprint density at radius 1 is 1.18 bits per heavy atom. The molecule has 0 aliphatic carbocycles. The van der Waals surface area contributed by atoms with Gasteiger partial charge in [-0.1, -0.05) is 0 Å². The number of aryl methyl sites for hydroxylation is 1. The van der Waals surface area contributed by atoms with Crippen LogP contribution in [0.3, 0.4) is 0 Å². The first kappa shape index (κ1) is 21.3. The summed E-state index contributed by atoms with van der Waals surface area (Å²) in [6.07, 6.45) is 5.77. The molecule has 2 atom stereocenters. The van der Waals surface area contributed by atoms with Gasteiger partial charge in [-0.3, -0.25) is 9.69 Å². The van der Waals surface area contributed by atoms with Crippen LogP contribution in [0.25, 0.3) is 33.2 Å². The highest BCUT2D eigenvalue weighted by atomic mass is 19.1. The number of likely N-dealkylation sites (N-methyl/N-ethyl adjacent to an activating group) is 1. The highest BCUT2D eigenvalue weighted by Crippen LogP contribution is 2.34. The normalized spacial score (nSPS) is 20.8. The highest BCUT2D eigenvalue weighted by molar-refractivity contribution is 6.02. The van der Waals surface area contributed by atoms with Gasteiger partial charge in [0.2, 0.25) is 0 Å². The van der Waals surface area contributed by atoms with Crippen LogP contribution in [-0.2, 0) is 0 Å². The maximum Gasteiger partial charge on any atom is 0.255 e. The van der Waals surface area contributed by atoms with Gasteiger partial charge in [-0.2, -0.15) is 0 Å². The Hall–Kier alpha value is -3.26. The molecule has 0 saturated carbocycles. The molecule has 34 heavy (non-hydrogen) atoms. The summed E-state index contributed by atoms with van der Waals surface area (Å²) in [5.41, 5.74) is 3.96. The summed E-state index contributed by atoms with van der Waals surface area (Å²) in [4.78, 5) is 29.9. The number of nitrogens with one attached hydrogen (secondary N) is 1. The Labute approximate surface area is 197 Å². The van der Waals surface area contributed by atoms with E-state index in [9.17, 15) is 4.79 Å². The van der Waals surface area contributed by atoms with Crippen LogP contribution >= 0.6 is 0 Å². The van der Waals surface area contributed by atoms with Crippen molar-refractivity contribution < 1.29 is 9.18 Å². The number of nitrogens with zero attached hydrogens (tertiary/aromatic N) is 5. The van der Waals surface area contributed by atoms with Crippen LogP contribution in [0.5, 0.6) is 0 Å². The maximum atomic E-state index is 15.1. The van der Waals surface area contributed by atoms with E-state index in [0.717, 1.165) is 53.8 Å². The largest absolute Gasteiger partial charge is 0.346 e. The second-order valence-corrected chi connectivity index (χ2v) is 10.0. The highest BCUT2D eigenvalue weighted by Gasteiger charge is 2.39. The number of H-pyrrole nitrogens is 1. The molecule has 1 aromatic carbocycles. The van der Waals surface area contributed by atoms with Gasteiger partial charge in [0, 0.05) is 54.6 Å². The summed E-state index contributed by atoms with van der Waals surface area (Å²) in [6.45, 7) is 7.54. The predicted molar refractivity (Wildman–Crippen MR) is 130 cm³/mol. The molecule has 176 valence electrons. The molecular weight excluding hydrogens is 431 g/mol. The third-order valence-electron chi connectivity index (χ3n) is 7.67. The Bertz CT molecular complexity index is 1420. The van der Waals surface area contributed by atoms with Gasteiger partial charge in [0.1, 0.15) is 17.0 Å². The number of aromatic nitrogens is 4. The van der Waals surface area contributed by atoms with Gasteiger partial charge >= 0.3 is 0 Å². The minimum absolute atomic E-state index is 0.0155. The SMILES string of the molecule is Cc1nc2c(F)cc(-c3c[nH]c4ncc(C(=O)N5CC6CCC(C5)N6C)cc34)cc2n1C(C)C. The van der Waals surface area contributed by atoms with Crippen LogP contribution in [0.4, 0.5) is 4.39 Å². The van der Waals surface area contributed by atoms with Crippen molar-refractivity contribution in [2.24, 2.45) is 0 Å². The van der Waals surface area contributed by atoms with E-state index in [0.29, 0.717) is 28.8 Å².